The maximum Gasteiger partial charge on any atom is 0.267 e. The molecule has 1 aromatic heterocycles. The highest BCUT2D eigenvalue weighted by Gasteiger charge is 2.13. The van der Waals surface area contributed by atoms with Crippen molar-refractivity contribution in [3.05, 3.63) is 59.8 Å². The van der Waals surface area contributed by atoms with Crippen LogP contribution in [0.4, 0.5) is 0 Å². The van der Waals surface area contributed by atoms with Gasteiger partial charge in [0.15, 0.2) is 0 Å². The highest BCUT2D eigenvalue weighted by Crippen LogP contribution is 2.27. The summed E-state index contributed by atoms with van der Waals surface area (Å²) in [5.41, 5.74) is 2.80. The molecule has 136 valence electrons. The van der Waals surface area contributed by atoms with E-state index in [2.05, 4.69) is 5.32 Å². The monoisotopic (exact) mass is 351 g/mol. The van der Waals surface area contributed by atoms with Crippen LogP contribution in [0.25, 0.3) is 10.9 Å². The Kier molecular flexibility index (Phi) is 5.28. The Bertz CT molecular complexity index is 928. The number of likely N-dealkylation sites (N-methyl/N-ethyl adjacent to an activating group) is 1. The summed E-state index contributed by atoms with van der Waals surface area (Å²) in [6, 6.07) is 15.7. The lowest BCUT2D eigenvalue weighted by molar-refractivity contribution is 0.0943. The summed E-state index contributed by atoms with van der Waals surface area (Å²) in [4.78, 5) is 14.5. The summed E-state index contributed by atoms with van der Waals surface area (Å²) in [5, 5.41) is 3.94. The summed E-state index contributed by atoms with van der Waals surface area (Å²) in [7, 11) is 5.88. The Morgan fingerprint density at radius 3 is 2.62 bits per heavy atom. The summed E-state index contributed by atoms with van der Waals surface area (Å²) < 4.78 is 7.87. The molecule has 26 heavy (non-hydrogen) atoms. The number of aryl methyl sites for hydroxylation is 2. The fraction of sp³-hybridized carbons (Fsp3) is 0.286. The Morgan fingerprint density at radius 1 is 1.12 bits per heavy atom. The van der Waals surface area contributed by atoms with E-state index in [1.807, 2.05) is 86.1 Å². The first-order valence-corrected chi connectivity index (χ1v) is 8.71. The van der Waals surface area contributed by atoms with Gasteiger partial charge in [-0.25, -0.2) is 0 Å². The first-order valence-electron chi connectivity index (χ1n) is 8.71. The maximum absolute atomic E-state index is 12.4. The van der Waals surface area contributed by atoms with Crippen molar-refractivity contribution in [2.75, 3.05) is 27.2 Å². The number of hydrogen-bond acceptors (Lipinski definition) is 3. The molecular weight excluding hydrogens is 326 g/mol. The molecule has 0 saturated heterocycles. The van der Waals surface area contributed by atoms with Gasteiger partial charge in [-0.05, 0) is 63.0 Å². The van der Waals surface area contributed by atoms with E-state index in [1.54, 1.807) is 0 Å². The van der Waals surface area contributed by atoms with Crippen LogP contribution in [0.15, 0.2) is 48.5 Å². The van der Waals surface area contributed by atoms with Gasteiger partial charge in [0.05, 0.1) is 0 Å². The highest BCUT2D eigenvalue weighted by molar-refractivity contribution is 5.99. The van der Waals surface area contributed by atoms with Crippen molar-refractivity contribution in [3.63, 3.8) is 0 Å². The number of nitrogens with one attached hydrogen (secondary N) is 1. The number of amides is 1. The molecule has 5 heteroatoms. The summed E-state index contributed by atoms with van der Waals surface area (Å²) in [6.07, 6.45) is 0. The molecule has 0 bridgehead atoms. The molecule has 5 nitrogen and oxygen atoms in total. The van der Waals surface area contributed by atoms with Crippen LogP contribution in [-0.4, -0.2) is 42.6 Å². The lowest BCUT2D eigenvalue weighted by Gasteiger charge is -2.10. The SMILES string of the molecule is Cc1cccc(Oc2ccc3c(c2)cc(C(=O)NCCN(C)C)n3C)c1. The van der Waals surface area contributed by atoms with Gasteiger partial charge in [0, 0.05) is 31.0 Å². The topological polar surface area (TPSA) is 46.5 Å². The fourth-order valence-electron chi connectivity index (χ4n) is 2.91. The van der Waals surface area contributed by atoms with E-state index in [9.17, 15) is 4.79 Å². The number of aromatic nitrogens is 1. The zero-order valence-corrected chi connectivity index (χ0v) is 15.7. The minimum Gasteiger partial charge on any atom is -0.457 e. The van der Waals surface area contributed by atoms with Gasteiger partial charge in [-0.2, -0.15) is 0 Å². The largest absolute Gasteiger partial charge is 0.457 e. The van der Waals surface area contributed by atoms with Gasteiger partial charge >= 0.3 is 0 Å². The van der Waals surface area contributed by atoms with Crippen molar-refractivity contribution < 1.29 is 9.53 Å². The summed E-state index contributed by atoms with van der Waals surface area (Å²) in [6.45, 7) is 3.47. The number of carbonyl (C=O) groups excluding carboxylic acids is 1. The molecule has 0 fully saturated rings. The molecule has 0 aliphatic carbocycles. The molecule has 0 spiro atoms. The molecule has 0 aliphatic heterocycles. The predicted octanol–water partition coefficient (Wildman–Crippen LogP) is 3.57. The quantitative estimate of drug-likeness (QED) is 0.738. The number of nitrogens with zero attached hydrogens (tertiary/aromatic N) is 2. The van der Waals surface area contributed by atoms with E-state index in [0.717, 1.165) is 34.5 Å². The minimum absolute atomic E-state index is 0.0632. The van der Waals surface area contributed by atoms with Crippen LogP contribution in [0.1, 0.15) is 16.1 Å². The van der Waals surface area contributed by atoms with E-state index in [1.165, 1.54) is 0 Å². The van der Waals surface area contributed by atoms with E-state index in [4.69, 9.17) is 4.74 Å². The zero-order chi connectivity index (χ0) is 18.7. The minimum atomic E-state index is -0.0632. The van der Waals surface area contributed by atoms with Crippen molar-refractivity contribution in [2.24, 2.45) is 7.05 Å². The molecule has 0 unspecified atom stereocenters. The van der Waals surface area contributed by atoms with Gasteiger partial charge < -0.3 is 19.5 Å². The Hall–Kier alpha value is -2.79. The van der Waals surface area contributed by atoms with Crippen LogP contribution < -0.4 is 10.1 Å². The van der Waals surface area contributed by atoms with Crippen molar-refractivity contribution in [3.8, 4) is 11.5 Å². The first-order chi connectivity index (χ1) is 12.4. The molecule has 0 radical (unpaired) electrons. The lowest BCUT2D eigenvalue weighted by atomic mass is 10.2. The van der Waals surface area contributed by atoms with Gasteiger partial charge in [0.25, 0.3) is 5.91 Å². The average Bonchev–Trinajstić information content (AvgIpc) is 2.91. The molecule has 1 heterocycles. The van der Waals surface area contributed by atoms with Crippen LogP contribution in [0.5, 0.6) is 11.5 Å². The zero-order valence-electron chi connectivity index (χ0n) is 15.7. The van der Waals surface area contributed by atoms with E-state index < -0.39 is 0 Å². The second-order valence-electron chi connectivity index (χ2n) is 6.79. The van der Waals surface area contributed by atoms with E-state index in [-0.39, 0.29) is 5.91 Å². The summed E-state index contributed by atoms with van der Waals surface area (Å²) >= 11 is 0. The van der Waals surface area contributed by atoms with Crippen LogP contribution in [-0.2, 0) is 7.05 Å². The Morgan fingerprint density at radius 2 is 1.88 bits per heavy atom. The molecular formula is C21H25N3O2. The van der Waals surface area contributed by atoms with Crippen LogP contribution in [0.3, 0.4) is 0 Å². The number of hydrogen-bond donors (Lipinski definition) is 1. The molecule has 3 rings (SSSR count). The van der Waals surface area contributed by atoms with Gasteiger partial charge in [0.2, 0.25) is 0 Å². The molecule has 0 saturated carbocycles. The second kappa shape index (κ2) is 7.62. The molecule has 0 atom stereocenters. The van der Waals surface area contributed by atoms with Crippen molar-refractivity contribution in [1.82, 2.24) is 14.8 Å². The first kappa shape index (κ1) is 18.0. The van der Waals surface area contributed by atoms with Crippen LogP contribution in [0.2, 0.25) is 0 Å². The van der Waals surface area contributed by atoms with Crippen LogP contribution in [0, 0.1) is 6.92 Å². The standard InChI is InChI=1S/C21H25N3O2/c1-15-6-5-7-17(12-15)26-18-8-9-19-16(13-18)14-20(24(19)4)21(25)22-10-11-23(2)3/h5-9,12-14H,10-11H2,1-4H3,(H,22,25). The normalized spacial score (nSPS) is 11.1. The van der Waals surface area contributed by atoms with Gasteiger partial charge in [-0.1, -0.05) is 12.1 Å². The third kappa shape index (κ3) is 4.06. The highest BCUT2D eigenvalue weighted by atomic mass is 16.5. The number of carbonyl (C=O) groups is 1. The van der Waals surface area contributed by atoms with E-state index in [0.29, 0.717) is 12.2 Å². The number of fused-ring (bicyclic) bond motifs is 1. The molecule has 1 amide bonds. The number of ether oxygens (including phenoxy) is 1. The van der Waals surface area contributed by atoms with Gasteiger partial charge in [-0.3, -0.25) is 4.79 Å². The second-order valence-corrected chi connectivity index (χ2v) is 6.79. The molecule has 3 aromatic rings. The van der Waals surface area contributed by atoms with Crippen molar-refractivity contribution >= 4 is 16.8 Å². The van der Waals surface area contributed by atoms with Gasteiger partial charge in [-0.15, -0.1) is 0 Å². The third-order valence-electron chi connectivity index (χ3n) is 4.32. The van der Waals surface area contributed by atoms with Crippen LogP contribution >= 0.6 is 0 Å². The lowest BCUT2D eigenvalue weighted by Crippen LogP contribution is -2.32. The summed E-state index contributed by atoms with van der Waals surface area (Å²) in [5.74, 6) is 1.50. The molecule has 0 aliphatic rings. The van der Waals surface area contributed by atoms with Crippen molar-refractivity contribution in [2.45, 2.75) is 6.92 Å². The molecule has 1 N–H and O–H groups in total. The number of rotatable bonds is 6. The Balaban J connectivity index is 1.81. The van der Waals surface area contributed by atoms with Gasteiger partial charge in [0.1, 0.15) is 17.2 Å². The predicted molar refractivity (Wildman–Crippen MR) is 105 cm³/mol. The third-order valence-corrected chi connectivity index (χ3v) is 4.32. The smallest absolute Gasteiger partial charge is 0.267 e. The maximum atomic E-state index is 12.4. The fourth-order valence-corrected chi connectivity index (χ4v) is 2.91. The average molecular weight is 351 g/mol. The Labute approximate surface area is 154 Å². The van der Waals surface area contributed by atoms with E-state index >= 15 is 0 Å². The van der Waals surface area contributed by atoms with Crippen molar-refractivity contribution in [1.29, 1.82) is 0 Å². The molecule has 2 aromatic carbocycles. The number of benzene rings is 2.